The van der Waals surface area contributed by atoms with Crippen LogP contribution >= 0.6 is 0 Å². The van der Waals surface area contributed by atoms with Gasteiger partial charge in [-0.15, -0.1) is 0 Å². The lowest BCUT2D eigenvalue weighted by molar-refractivity contribution is -0.137. The van der Waals surface area contributed by atoms with Gasteiger partial charge in [0.2, 0.25) is 5.95 Å². The molecular formula is C21H24F3N7O. The molecular weight excluding hydrogens is 423 g/mol. The molecule has 0 aliphatic carbocycles. The molecule has 2 aliphatic rings. The Morgan fingerprint density at radius 1 is 1.16 bits per heavy atom. The quantitative estimate of drug-likeness (QED) is 0.566. The van der Waals surface area contributed by atoms with E-state index in [4.69, 9.17) is 4.74 Å². The SMILES string of the molecule is FC(F)(F)c1cnc(N[C@@H]2CCCNC2)nc1-c1c[nH]c2nc(N3CCOCC3)ccc12. The van der Waals surface area contributed by atoms with E-state index in [0.29, 0.717) is 29.8 Å². The Kier molecular flexibility index (Phi) is 5.60. The van der Waals surface area contributed by atoms with E-state index in [1.54, 1.807) is 6.07 Å². The summed E-state index contributed by atoms with van der Waals surface area (Å²) >= 11 is 0. The first kappa shape index (κ1) is 21.0. The van der Waals surface area contributed by atoms with Gasteiger partial charge in [-0.25, -0.2) is 15.0 Å². The molecule has 3 aromatic rings. The minimum absolute atomic E-state index is 0.0778. The van der Waals surface area contributed by atoms with E-state index in [1.165, 1.54) is 6.20 Å². The van der Waals surface area contributed by atoms with E-state index in [1.807, 2.05) is 6.07 Å². The molecule has 0 spiro atoms. The van der Waals surface area contributed by atoms with Crippen molar-refractivity contribution in [3.63, 3.8) is 0 Å². The molecule has 8 nitrogen and oxygen atoms in total. The van der Waals surface area contributed by atoms with Gasteiger partial charge in [-0.3, -0.25) is 0 Å². The number of halogens is 3. The maximum atomic E-state index is 13.8. The maximum absolute atomic E-state index is 13.8. The molecule has 5 heterocycles. The van der Waals surface area contributed by atoms with Crippen LogP contribution in [0, 0.1) is 0 Å². The van der Waals surface area contributed by atoms with Crippen LogP contribution in [0.15, 0.2) is 24.5 Å². The third-order valence-electron chi connectivity index (χ3n) is 5.84. The lowest BCUT2D eigenvalue weighted by Gasteiger charge is -2.27. The molecule has 2 aliphatic heterocycles. The molecule has 0 amide bonds. The molecule has 0 radical (unpaired) electrons. The second-order valence-electron chi connectivity index (χ2n) is 8.01. The third kappa shape index (κ3) is 4.22. The second-order valence-corrected chi connectivity index (χ2v) is 8.01. The average molecular weight is 447 g/mol. The lowest BCUT2D eigenvalue weighted by Crippen LogP contribution is -2.38. The fourth-order valence-electron chi connectivity index (χ4n) is 4.18. The van der Waals surface area contributed by atoms with Crippen molar-refractivity contribution >= 4 is 22.8 Å². The monoisotopic (exact) mass is 447 g/mol. The van der Waals surface area contributed by atoms with Crippen molar-refractivity contribution in [2.75, 3.05) is 49.6 Å². The summed E-state index contributed by atoms with van der Waals surface area (Å²) in [5.41, 5.74) is -0.170. The smallest absolute Gasteiger partial charge is 0.378 e. The van der Waals surface area contributed by atoms with Crippen LogP contribution in [-0.4, -0.2) is 65.4 Å². The van der Waals surface area contributed by atoms with E-state index < -0.39 is 11.7 Å². The van der Waals surface area contributed by atoms with Crippen molar-refractivity contribution in [1.82, 2.24) is 25.3 Å². The van der Waals surface area contributed by atoms with Crippen LogP contribution in [0.3, 0.4) is 0 Å². The van der Waals surface area contributed by atoms with Gasteiger partial charge in [0.25, 0.3) is 0 Å². The minimum atomic E-state index is -4.58. The molecule has 11 heteroatoms. The van der Waals surface area contributed by atoms with Crippen LogP contribution in [0.4, 0.5) is 24.9 Å². The first-order valence-electron chi connectivity index (χ1n) is 10.7. The number of aromatic amines is 1. The Morgan fingerprint density at radius 2 is 2.00 bits per heavy atom. The van der Waals surface area contributed by atoms with Crippen molar-refractivity contribution in [2.24, 2.45) is 0 Å². The van der Waals surface area contributed by atoms with Crippen LogP contribution in [0.5, 0.6) is 0 Å². The van der Waals surface area contributed by atoms with Gasteiger partial charge in [-0.1, -0.05) is 0 Å². The first-order chi connectivity index (χ1) is 15.5. The third-order valence-corrected chi connectivity index (χ3v) is 5.84. The highest BCUT2D eigenvalue weighted by Gasteiger charge is 2.36. The highest BCUT2D eigenvalue weighted by atomic mass is 19.4. The number of ether oxygens (including phenoxy) is 1. The molecule has 0 saturated carbocycles. The van der Waals surface area contributed by atoms with Crippen molar-refractivity contribution < 1.29 is 17.9 Å². The number of hydrogen-bond donors (Lipinski definition) is 3. The molecule has 170 valence electrons. The molecule has 3 N–H and O–H groups in total. The second kappa shape index (κ2) is 8.55. The topological polar surface area (TPSA) is 91.0 Å². The normalized spacial score (nSPS) is 20.0. The summed E-state index contributed by atoms with van der Waals surface area (Å²) in [6.07, 6.45) is -0.288. The summed E-state index contributed by atoms with van der Waals surface area (Å²) in [4.78, 5) is 18.0. The van der Waals surface area contributed by atoms with Gasteiger partial charge >= 0.3 is 6.18 Å². The van der Waals surface area contributed by atoms with Gasteiger partial charge in [-0.05, 0) is 31.5 Å². The van der Waals surface area contributed by atoms with Crippen LogP contribution in [0.25, 0.3) is 22.3 Å². The number of nitrogens with one attached hydrogen (secondary N) is 3. The Labute approximate surface area is 182 Å². The summed E-state index contributed by atoms with van der Waals surface area (Å²) in [7, 11) is 0. The highest BCUT2D eigenvalue weighted by Crippen LogP contribution is 2.38. The molecule has 0 aromatic carbocycles. The van der Waals surface area contributed by atoms with E-state index >= 15 is 0 Å². The molecule has 5 rings (SSSR count). The number of alkyl halides is 3. The van der Waals surface area contributed by atoms with Crippen LogP contribution < -0.4 is 15.5 Å². The number of aromatic nitrogens is 4. The zero-order chi connectivity index (χ0) is 22.1. The molecule has 32 heavy (non-hydrogen) atoms. The van der Waals surface area contributed by atoms with Crippen molar-refractivity contribution in [2.45, 2.75) is 25.1 Å². The van der Waals surface area contributed by atoms with E-state index in [0.717, 1.165) is 51.0 Å². The van der Waals surface area contributed by atoms with Crippen molar-refractivity contribution in [3.8, 4) is 11.3 Å². The zero-order valence-electron chi connectivity index (χ0n) is 17.4. The fraction of sp³-hybridized carbons (Fsp3) is 0.476. The highest BCUT2D eigenvalue weighted by molar-refractivity contribution is 5.94. The Balaban J connectivity index is 1.52. The number of pyridine rings is 1. The predicted molar refractivity (Wildman–Crippen MR) is 115 cm³/mol. The Morgan fingerprint density at radius 3 is 2.75 bits per heavy atom. The summed E-state index contributed by atoms with van der Waals surface area (Å²) < 4.78 is 46.7. The number of nitrogens with zero attached hydrogens (tertiary/aromatic N) is 4. The number of rotatable bonds is 4. The van der Waals surface area contributed by atoms with Crippen LogP contribution in [0.1, 0.15) is 18.4 Å². The van der Waals surface area contributed by atoms with E-state index in [9.17, 15) is 13.2 Å². The number of H-pyrrole nitrogens is 1. The fourth-order valence-corrected chi connectivity index (χ4v) is 4.18. The van der Waals surface area contributed by atoms with Gasteiger partial charge in [0, 0.05) is 49.0 Å². The molecule has 3 aromatic heterocycles. The lowest BCUT2D eigenvalue weighted by atomic mass is 10.1. The number of piperidine rings is 1. The summed E-state index contributed by atoms with van der Waals surface area (Å²) in [6.45, 7) is 4.35. The molecule has 2 fully saturated rings. The van der Waals surface area contributed by atoms with Gasteiger partial charge in [-0.2, -0.15) is 13.2 Å². The van der Waals surface area contributed by atoms with Gasteiger partial charge in [0.1, 0.15) is 17.0 Å². The van der Waals surface area contributed by atoms with E-state index in [2.05, 4.69) is 35.5 Å². The van der Waals surface area contributed by atoms with Gasteiger partial charge in [0.15, 0.2) is 0 Å². The molecule has 0 bridgehead atoms. The number of anilines is 2. The molecule has 2 saturated heterocycles. The molecule has 1 atom stereocenters. The first-order valence-corrected chi connectivity index (χ1v) is 10.7. The van der Waals surface area contributed by atoms with Gasteiger partial charge in [0.05, 0.1) is 18.9 Å². The maximum Gasteiger partial charge on any atom is 0.419 e. The Bertz CT molecular complexity index is 1090. The summed E-state index contributed by atoms with van der Waals surface area (Å²) in [6, 6.07) is 3.69. The van der Waals surface area contributed by atoms with E-state index in [-0.39, 0.29) is 17.7 Å². The van der Waals surface area contributed by atoms with Crippen molar-refractivity contribution in [3.05, 3.63) is 30.1 Å². The zero-order valence-corrected chi connectivity index (χ0v) is 17.4. The predicted octanol–water partition coefficient (Wildman–Crippen LogP) is 3.04. The van der Waals surface area contributed by atoms with Crippen LogP contribution in [0.2, 0.25) is 0 Å². The molecule has 0 unspecified atom stereocenters. The number of fused-ring (bicyclic) bond motifs is 1. The van der Waals surface area contributed by atoms with Crippen LogP contribution in [-0.2, 0) is 10.9 Å². The summed E-state index contributed by atoms with van der Waals surface area (Å²) in [5, 5.41) is 7.01. The average Bonchev–Trinajstić information content (AvgIpc) is 3.23. The number of morpholine rings is 1. The Hall–Kier alpha value is -2.92. The number of hydrogen-bond acceptors (Lipinski definition) is 7. The largest absolute Gasteiger partial charge is 0.419 e. The minimum Gasteiger partial charge on any atom is -0.378 e. The standard InChI is InChI=1S/C21H24F3N7O/c22-21(23,24)16-12-27-20(28-13-2-1-5-25-10-13)30-18(16)15-11-26-19-14(15)3-4-17(29-19)31-6-8-32-9-7-31/h3-4,11-13,25H,1-2,5-10H2,(H,26,29)(H,27,28,30)/t13-/m1/s1. The summed E-state index contributed by atoms with van der Waals surface area (Å²) in [5.74, 6) is 0.953. The van der Waals surface area contributed by atoms with Crippen molar-refractivity contribution in [1.29, 1.82) is 0 Å². The van der Waals surface area contributed by atoms with Gasteiger partial charge < -0.3 is 25.3 Å².